The molecule has 90 valence electrons. The number of aliphatic imine (C=N–C) groups is 1. The fourth-order valence-corrected chi connectivity index (χ4v) is 2.90. The molecule has 1 aliphatic heterocycles. The quantitative estimate of drug-likeness (QED) is 0.816. The maximum absolute atomic E-state index is 11.2. The van der Waals surface area contributed by atoms with E-state index in [1.807, 2.05) is 11.4 Å². The Morgan fingerprint density at radius 1 is 1.28 bits per heavy atom. The van der Waals surface area contributed by atoms with Gasteiger partial charge in [0, 0.05) is 12.0 Å². The Hall–Kier alpha value is -2.14. The van der Waals surface area contributed by atoms with E-state index in [1.165, 1.54) is 0 Å². The van der Waals surface area contributed by atoms with Gasteiger partial charge in [-0.25, -0.2) is 4.99 Å². The highest BCUT2D eigenvalue weighted by Gasteiger charge is 2.16. The molecule has 0 saturated heterocycles. The van der Waals surface area contributed by atoms with Crippen molar-refractivity contribution in [3.05, 3.63) is 51.2 Å². The first-order valence-electron chi connectivity index (χ1n) is 5.49. The molecule has 4 nitrogen and oxygen atoms in total. The van der Waals surface area contributed by atoms with Crippen LogP contribution < -0.4 is 11.5 Å². The number of hydrogen-bond donors (Lipinski definition) is 2. The Bertz CT molecular complexity index is 673. The summed E-state index contributed by atoms with van der Waals surface area (Å²) in [6, 6.07) is 7.30. The fourth-order valence-electron chi connectivity index (χ4n) is 2.07. The van der Waals surface area contributed by atoms with Crippen molar-refractivity contribution in [3.8, 4) is 0 Å². The van der Waals surface area contributed by atoms with Gasteiger partial charge in [-0.3, -0.25) is 4.79 Å². The summed E-state index contributed by atoms with van der Waals surface area (Å²) in [5, 5.41) is 2.00. The number of primary amides is 1. The minimum Gasteiger partial charge on any atom is -0.382 e. The van der Waals surface area contributed by atoms with E-state index in [0.717, 1.165) is 28.1 Å². The van der Waals surface area contributed by atoms with Gasteiger partial charge < -0.3 is 11.5 Å². The van der Waals surface area contributed by atoms with Gasteiger partial charge in [-0.2, -0.15) is 0 Å². The number of nitrogens with zero attached hydrogens (tertiary/aromatic N) is 1. The Balaban J connectivity index is 2.18. The zero-order valence-corrected chi connectivity index (χ0v) is 10.3. The van der Waals surface area contributed by atoms with Gasteiger partial charge >= 0.3 is 0 Å². The molecule has 2 aromatic rings. The summed E-state index contributed by atoms with van der Waals surface area (Å²) >= 11 is 1.58. The first-order chi connectivity index (χ1) is 8.65. The van der Waals surface area contributed by atoms with Crippen molar-refractivity contribution in [3.63, 3.8) is 0 Å². The Labute approximate surface area is 108 Å². The predicted molar refractivity (Wildman–Crippen MR) is 72.5 cm³/mol. The predicted octanol–water partition coefficient (Wildman–Crippen LogP) is 1.79. The van der Waals surface area contributed by atoms with Crippen LogP contribution in [0, 0.1) is 0 Å². The summed E-state index contributed by atoms with van der Waals surface area (Å²) in [5.41, 5.74) is 14.7. The third kappa shape index (κ3) is 1.69. The second kappa shape index (κ2) is 3.96. The number of rotatable bonds is 1. The van der Waals surface area contributed by atoms with Crippen molar-refractivity contribution in [2.24, 2.45) is 16.5 Å². The SMILES string of the molecule is NC(=O)c1ccc2c(c1)Cc1ccsc1C(N)=N2. The summed E-state index contributed by atoms with van der Waals surface area (Å²) in [4.78, 5) is 16.6. The average molecular weight is 257 g/mol. The average Bonchev–Trinajstić information content (AvgIpc) is 2.74. The number of benzene rings is 1. The van der Waals surface area contributed by atoms with Crippen LogP contribution in [0.4, 0.5) is 5.69 Å². The molecule has 3 rings (SSSR count). The zero-order valence-electron chi connectivity index (χ0n) is 9.51. The van der Waals surface area contributed by atoms with Gasteiger partial charge in [-0.15, -0.1) is 11.3 Å². The fraction of sp³-hybridized carbons (Fsp3) is 0.0769. The first-order valence-corrected chi connectivity index (χ1v) is 6.37. The van der Waals surface area contributed by atoms with Crippen LogP contribution in [0.1, 0.15) is 26.4 Å². The number of nitrogens with two attached hydrogens (primary N) is 2. The number of thiophene rings is 1. The summed E-state index contributed by atoms with van der Waals surface area (Å²) in [6.07, 6.45) is 0.722. The molecule has 1 aliphatic rings. The molecule has 0 aliphatic carbocycles. The highest BCUT2D eigenvalue weighted by molar-refractivity contribution is 7.12. The van der Waals surface area contributed by atoms with Gasteiger partial charge in [0.15, 0.2) is 0 Å². The van der Waals surface area contributed by atoms with Gasteiger partial charge in [0.2, 0.25) is 5.91 Å². The second-order valence-electron chi connectivity index (χ2n) is 4.16. The van der Waals surface area contributed by atoms with Gasteiger partial charge in [0.1, 0.15) is 5.84 Å². The van der Waals surface area contributed by atoms with Gasteiger partial charge in [0.05, 0.1) is 10.6 Å². The maximum Gasteiger partial charge on any atom is 0.248 e. The highest BCUT2D eigenvalue weighted by atomic mass is 32.1. The minimum atomic E-state index is -0.426. The number of carbonyl (C=O) groups is 1. The van der Waals surface area contributed by atoms with E-state index in [9.17, 15) is 4.79 Å². The zero-order chi connectivity index (χ0) is 12.7. The van der Waals surface area contributed by atoms with Crippen molar-refractivity contribution < 1.29 is 4.79 Å². The van der Waals surface area contributed by atoms with Crippen LogP contribution in [0.25, 0.3) is 0 Å². The standard InChI is InChI=1S/C13H11N3OS/c14-12-11-7(3-4-18-11)5-9-6-8(13(15)17)1-2-10(9)16-12/h1-4,6H,5H2,(H2,14,16)(H2,15,17). The molecule has 18 heavy (non-hydrogen) atoms. The van der Waals surface area contributed by atoms with E-state index >= 15 is 0 Å². The molecule has 0 saturated carbocycles. The van der Waals surface area contributed by atoms with E-state index in [2.05, 4.69) is 4.99 Å². The van der Waals surface area contributed by atoms with E-state index in [1.54, 1.807) is 29.5 Å². The van der Waals surface area contributed by atoms with Crippen LogP contribution in [-0.2, 0) is 6.42 Å². The summed E-state index contributed by atoms with van der Waals surface area (Å²) in [5.74, 6) is 0.107. The lowest BCUT2D eigenvalue weighted by Crippen LogP contribution is -2.11. The minimum absolute atomic E-state index is 0.426. The highest BCUT2D eigenvalue weighted by Crippen LogP contribution is 2.30. The van der Waals surface area contributed by atoms with Crippen LogP contribution in [-0.4, -0.2) is 11.7 Å². The lowest BCUT2D eigenvalue weighted by Gasteiger charge is -2.04. The molecule has 2 heterocycles. The molecule has 0 atom stereocenters. The molecule has 5 heteroatoms. The Morgan fingerprint density at radius 3 is 2.89 bits per heavy atom. The van der Waals surface area contributed by atoms with Crippen LogP contribution in [0.15, 0.2) is 34.6 Å². The van der Waals surface area contributed by atoms with Crippen molar-refractivity contribution in [2.75, 3.05) is 0 Å². The van der Waals surface area contributed by atoms with Gasteiger partial charge in [-0.1, -0.05) is 0 Å². The molecule has 0 unspecified atom stereocenters. The Kier molecular flexibility index (Phi) is 2.41. The van der Waals surface area contributed by atoms with Crippen LogP contribution in [0.3, 0.4) is 0 Å². The van der Waals surface area contributed by atoms with Crippen LogP contribution in [0.2, 0.25) is 0 Å². The number of hydrogen-bond acceptors (Lipinski definition) is 4. The van der Waals surface area contributed by atoms with E-state index in [4.69, 9.17) is 11.5 Å². The van der Waals surface area contributed by atoms with Crippen molar-refractivity contribution in [1.82, 2.24) is 0 Å². The van der Waals surface area contributed by atoms with E-state index < -0.39 is 5.91 Å². The largest absolute Gasteiger partial charge is 0.382 e. The monoisotopic (exact) mass is 257 g/mol. The van der Waals surface area contributed by atoms with Crippen molar-refractivity contribution in [1.29, 1.82) is 0 Å². The molecule has 0 radical (unpaired) electrons. The maximum atomic E-state index is 11.2. The summed E-state index contributed by atoms with van der Waals surface area (Å²) < 4.78 is 0. The van der Waals surface area contributed by atoms with Gasteiger partial charge in [0.25, 0.3) is 0 Å². The molecule has 1 aromatic carbocycles. The Morgan fingerprint density at radius 2 is 2.11 bits per heavy atom. The summed E-state index contributed by atoms with van der Waals surface area (Å²) in [7, 11) is 0. The van der Waals surface area contributed by atoms with E-state index in [-0.39, 0.29) is 0 Å². The lowest BCUT2D eigenvalue weighted by atomic mass is 10.0. The topological polar surface area (TPSA) is 81.5 Å². The number of carbonyl (C=O) groups excluding carboxylic acids is 1. The molecule has 1 amide bonds. The molecule has 0 bridgehead atoms. The molecule has 4 N–H and O–H groups in total. The van der Waals surface area contributed by atoms with Gasteiger partial charge in [-0.05, 0) is 40.8 Å². The number of fused-ring (bicyclic) bond motifs is 2. The lowest BCUT2D eigenvalue weighted by molar-refractivity contribution is 0.1000. The molecule has 0 spiro atoms. The number of amidine groups is 1. The third-order valence-electron chi connectivity index (χ3n) is 2.97. The van der Waals surface area contributed by atoms with Crippen molar-refractivity contribution >= 4 is 28.8 Å². The molecule has 0 fully saturated rings. The normalized spacial score (nSPS) is 13.2. The third-order valence-corrected chi connectivity index (χ3v) is 3.94. The number of amides is 1. The smallest absolute Gasteiger partial charge is 0.248 e. The second-order valence-corrected chi connectivity index (χ2v) is 5.07. The van der Waals surface area contributed by atoms with Crippen molar-refractivity contribution in [2.45, 2.75) is 6.42 Å². The summed E-state index contributed by atoms with van der Waals surface area (Å²) in [6.45, 7) is 0. The molecule has 1 aromatic heterocycles. The van der Waals surface area contributed by atoms with Crippen LogP contribution in [0.5, 0.6) is 0 Å². The molecular formula is C13H11N3OS. The first kappa shape index (κ1) is 11.0. The van der Waals surface area contributed by atoms with Crippen LogP contribution >= 0.6 is 11.3 Å². The molecular weight excluding hydrogens is 246 g/mol. The van der Waals surface area contributed by atoms with E-state index in [0.29, 0.717) is 11.4 Å².